The van der Waals surface area contributed by atoms with Gasteiger partial charge in [-0.2, -0.15) is 0 Å². The number of aromatic nitrogens is 1. The third-order valence-corrected chi connectivity index (χ3v) is 4.06. The smallest absolute Gasteiger partial charge is 0.0931 e. The van der Waals surface area contributed by atoms with Gasteiger partial charge in [0, 0.05) is 31.0 Å². The molecule has 1 heterocycles. The van der Waals surface area contributed by atoms with Crippen molar-refractivity contribution < 1.29 is 5.11 Å². The first-order valence-electron chi connectivity index (χ1n) is 6.76. The van der Waals surface area contributed by atoms with E-state index in [1.54, 1.807) is 12.4 Å². The normalized spacial score (nSPS) is 12.0. The van der Waals surface area contributed by atoms with E-state index in [1.165, 1.54) is 0 Å². The number of pyridine rings is 1. The van der Waals surface area contributed by atoms with Crippen molar-refractivity contribution in [3.8, 4) is 0 Å². The monoisotopic (exact) mass is 404 g/mol. The van der Waals surface area contributed by atoms with Crippen LogP contribution in [0.1, 0.15) is 17.2 Å². The highest BCUT2D eigenvalue weighted by atomic mass is 79.9. The summed E-state index contributed by atoms with van der Waals surface area (Å²) >= 11 is 11.9. The molecule has 1 aromatic carbocycles. The Balaban J connectivity index is 0.00000242. The van der Waals surface area contributed by atoms with Crippen molar-refractivity contribution in [3.05, 3.63) is 63.9 Å². The molecule has 120 valence electrons. The summed E-state index contributed by atoms with van der Waals surface area (Å²) in [5, 5.41) is 11.3. The highest BCUT2D eigenvalue weighted by Gasteiger charge is 2.11. The molecule has 22 heavy (non-hydrogen) atoms. The summed E-state index contributed by atoms with van der Waals surface area (Å²) in [4.78, 5) is 6.10. The minimum Gasteiger partial charge on any atom is -0.387 e. The van der Waals surface area contributed by atoms with Crippen LogP contribution in [0.3, 0.4) is 0 Å². The summed E-state index contributed by atoms with van der Waals surface area (Å²) in [6.07, 6.45) is 3.71. The lowest BCUT2D eigenvalue weighted by atomic mass is 10.1. The van der Waals surface area contributed by atoms with Crippen molar-refractivity contribution in [1.82, 2.24) is 9.88 Å². The average molecular weight is 406 g/mol. The van der Waals surface area contributed by atoms with E-state index in [0.717, 1.165) is 24.1 Å². The summed E-state index contributed by atoms with van der Waals surface area (Å²) in [6, 6.07) is 9.37. The minimum absolute atomic E-state index is 0. The fourth-order valence-corrected chi connectivity index (χ4v) is 2.40. The topological polar surface area (TPSA) is 36.4 Å². The Morgan fingerprint density at radius 1 is 1.23 bits per heavy atom. The zero-order valence-corrected chi connectivity index (χ0v) is 15.5. The van der Waals surface area contributed by atoms with Gasteiger partial charge in [-0.15, -0.1) is 17.0 Å². The second-order valence-corrected chi connectivity index (χ2v) is 5.88. The molecule has 0 amide bonds. The number of benzene rings is 1. The van der Waals surface area contributed by atoms with Crippen molar-refractivity contribution in [1.29, 1.82) is 0 Å². The first-order chi connectivity index (χ1) is 10.1. The molecule has 6 heteroatoms. The van der Waals surface area contributed by atoms with Gasteiger partial charge in [-0.3, -0.25) is 4.98 Å². The second-order valence-electron chi connectivity index (χ2n) is 5.06. The first-order valence-corrected chi connectivity index (χ1v) is 7.52. The van der Waals surface area contributed by atoms with Crippen LogP contribution in [0.4, 0.5) is 0 Å². The summed E-state index contributed by atoms with van der Waals surface area (Å²) in [5.74, 6) is 0. The number of hydrogen-bond donors (Lipinski definition) is 1. The Kier molecular flexibility index (Phi) is 8.36. The zero-order chi connectivity index (χ0) is 15.2. The molecule has 0 aliphatic heterocycles. The van der Waals surface area contributed by atoms with E-state index in [9.17, 15) is 5.11 Å². The Morgan fingerprint density at radius 2 is 2.00 bits per heavy atom. The predicted molar refractivity (Wildman–Crippen MR) is 97.2 cm³/mol. The Bertz CT molecular complexity index is 584. The maximum atomic E-state index is 10.1. The molecule has 0 saturated carbocycles. The summed E-state index contributed by atoms with van der Waals surface area (Å²) in [6.45, 7) is 1.39. The quantitative estimate of drug-likeness (QED) is 0.783. The van der Waals surface area contributed by atoms with Gasteiger partial charge in [0.25, 0.3) is 0 Å². The van der Waals surface area contributed by atoms with Crippen molar-refractivity contribution in [2.45, 2.75) is 12.5 Å². The molecular formula is C16H19BrCl2N2O. The van der Waals surface area contributed by atoms with Crippen LogP contribution in [0.5, 0.6) is 0 Å². The van der Waals surface area contributed by atoms with E-state index in [1.807, 2.05) is 37.4 Å². The van der Waals surface area contributed by atoms with Crippen LogP contribution in [0, 0.1) is 0 Å². The average Bonchev–Trinajstić information content (AvgIpc) is 2.49. The molecule has 1 N–H and O–H groups in total. The lowest BCUT2D eigenvalue weighted by Crippen LogP contribution is -2.26. The van der Waals surface area contributed by atoms with Crippen molar-refractivity contribution in [2.24, 2.45) is 0 Å². The number of aliphatic hydroxyl groups excluding tert-OH is 1. The minimum atomic E-state index is -0.530. The molecule has 2 aromatic rings. The molecule has 0 spiro atoms. The lowest BCUT2D eigenvalue weighted by molar-refractivity contribution is 0.127. The fraction of sp³-hybridized carbons (Fsp3) is 0.312. The van der Waals surface area contributed by atoms with Gasteiger partial charge in [0.1, 0.15) is 0 Å². The van der Waals surface area contributed by atoms with Gasteiger partial charge in [-0.25, -0.2) is 0 Å². The molecule has 0 aliphatic rings. The van der Waals surface area contributed by atoms with Crippen molar-refractivity contribution >= 4 is 40.2 Å². The van der Waals surface area contributed by atoms with Crippen LogP contribution < -0.4 is 0 Å². The maximum absolute atomic E-state index is 10.1. The van der Waals surface area contributed by atoms with E-state index >= 15 is 0 Å². The lowest BCUT2D eigenvalue weighted by Gasteiger charge is -2.20. The molecule has 0 radical (unpaired) electrons. The summed E-state index contributed by atoms with van der Waals surface area (Å²) in [7, 11) is 1.98. The summed E-state index contributed by atoms with van der Waals surface area (Å²) < 4.78 is 0. The van der Waals surface area contributed by atoms with E-state index in [-0.39, 0.29) is 17.0 Å². The Hall–Kier alpha value is -0.650. The zero-order valence-electron chi connectivity index (χ0n) is 12.2. The summed E-state index contributed by atoms with van der Waals surface area (Å²) in [5.41, 5.74) is 1.96. The third-order valence-electron chi connectivity index (χ3n) is 3.32. The number of hydrogen-bond acceptors (Lipinski definition) is 3. The highest BCUT2D eigenvalue weighted by Crippen LogP contribution is 2.23. The van der Waals surface area contributed by atoms with Gasteiger partial charge in [-0.05, 0) is 37.2 Å². The van der Waals surface area contributed by atoms with E-state index < -0.39 is 6.10 Å². The number of nitrogens with zero attached hydrogens (tertiary/aromatic N) is 2. The molecule has 1 atom stereocenters. The SMILES string of the molecule is Br.CN(CCc1ccc(Cl)c(Cl)c1)CC(O)c1cccnc1. The molecule has 0 aliphatic carbocycles. The molecule has 1 unspecified atom stereocenters. The van der Waals surface area contributed by atoms with Crippen LogP contribution >= 0.6 is 40.2 Å². The van der Waals surface area contributed by atoms with Crippen LogP contribution in [0.15, 0.2) is 42.7 Å². The number of aliphatic hydroxyl groups is 1. The molecule has 2 rings (SSSR count). The van der Waals surface area contributed by atoms with Gasteiger partial charge < -0.3 is 10.0 Å². The van der Waals surface area contributed by atoms with Gasteiger partial charge in [0.05, 0.1) is 16.1 Å². The van der Waals surface area contributed by atoms with Crippen molar-refractivity contribution in [3.63, 3.8) is 0 Å². The van der Waals surface area contributed by atoms with Gasteiger partial charge in [0.15, 0.2) is 0 Å². The van der Waals surface area contributed by atoms with Gasteiger partial charge in [-0.1, -0.05) is 35.3 Å². The largest absolute Gasteiger partial charge is 0.387 e. The van der Waals surface area contributed by atoms with E-state index in [4.69, 9.17) is 23.2 Å². The standard InChI is InChI=1S/C16H18Cl2N2O.BrH/c1-20(11-16(21)13-3-2-7-19-10-13)8-6-12-4-5-14(17)15(18)9-12;/h2-5,7,9-10,16,21H,6,8,11H2,1H3;1H. The van der Waals surface area contributed by atoms with Crippen LogP contribution in [-0.2, 0) is 6.42 Å². The van der Waals surface area contributed by atoms with Gasteiger partial charge >= 0.3 is 0 Å². The Labute approximate surface area is 151 Å². The van der Waals surface area contributed by atoms with Crippen molar-refractivity contribution in [2.75, 3.05) is 20.1 Å². The van der Waals surface area contributed by atoms with Crippen LogP contribution in [0.25, 0.3) is 0 Å². The molecule has 1 aromatic heterocycles. The molecular weight excluding hydrogens is 387 g/mol. The number of halogens is 3. The Morgan fingerprint density at radius 3 is 2.64 bits per heavy atom. The molecule has 0 fully saturated rings. The fourth-order valence-electron chi connectivity index (χ4n) is 2.08. The van der Waals surface area contributed by atoms with E-state index in [2.05, 4.69) is 9.88 Å². The number of rotatable bonds is 6. The highest BCUT2D eigenvalue weighted by molar-refractivity contribution is 8.93. The number of likely N-dealkylation sites (N-methyl/N-ethyl adjacent to an activating group) is 1. The second kappa shape index (κ2) is 9.48. The van der Waals surface area contributed by atoms with Crippen LogP contribution in [-0.4, -0.2) is 35.1 Å². The predicted octanol–water partition coefficient (Wildman–Crippen LogP) is 4.17. The third kappa shape index (κ3) is 5.86. The van der Waals surface area contributed by atoms with Gasteiger partial charge in [0.2, 0.25) is 0 Å². The molecule has 3 nitrogen and oxygen atoms in total. The first kappa shape index (κ1) is 19.4. The van der Waals surface area contributed by atoms with E-state index in [0.29, 0.717) is 16.6 Å². The maximum Gasteiger partial charge on any atom is 0.0931 e. The molecule has 0 bridgehead atoms. The van der Waals surface area contributed by atoms with Crippen LogP contribution in [0.2, 0.25) is 10.0 Å². The molecule has 0 saturated heterocycles.